The van der Waals surface area contributed by atoms with Gasteiger partial charge < -0.3 is 14.6 Å². The van der Waals surface area contributed by atoms with Crippen LogP contribution in [0.4, 0.5) is 0 Å². The van der Waals surface area contributed by atoms with Gasteiger partial charge in [0.1, 0.15) is 17.9 Å². The number of aliphatic imine (C=N–C) groups is 1. The summed E-state index contributed by atoms with van der Waals surface area (Å²) in [5.74, 6) is 1.99. The molecule has 2 fully saturated rings. The maximum Gasteiger partial charge on any atom is 0.194 e. The summed E-state index contributed by atoms with van der Waals surface area (Å²) in [6.07, 6.45) is 3.96. The zero-order valence-electron chi connectivity index (χ0n) is 16.0. The summed E-state index contributed by atoms with van der Waals surface area (Å²) in [6.45, 7) is 10.5. The van der Waals surface area contributed by atoms with E-state index in [1.54, 1.807) is 0 Å². The number of rotatable bonds is 4. The van der Waals surface area contributed by atoms with Crippen molar-refractivity contribution < 1.29 is 4.42 Å². The highest BCUT2D eigenvalue weighted by Gasteiger charge is 2.30. The van der Waals surface area contributed by atoms with Gasteiger partial charge in [0.25, 0.3) is 0 Å². The standard InChI is InChI=1S/C21H30N4O/c1-3-22-21(25-13-10-17(15-25)24-11-6-7-12-24)23-14-20-16(2)18-8-4-5-9-19(18)26-20/h4-5,8-9,17H,3,6-7,10-15H2,1-2H3,(H,22,23). The largest absolute Gasteiger partial charge is 0.459 e. The van der Waals surface area contributed by atoms with Crippen molar-refractivity contribution in [2.45, 2.75) is 45.7 Å². The van der Waals surface area contributed by atoms with Gasteiger partial charge in [-0.05, 0) is 52.3 Å². The monoisotopic (exact) mass is 354 g/mol. The Morgan fingerprint density at radius 1 is 1.23 bits per heavy atom. The minimum Gasteiger partial charge on any atom is -0.459 e. The highest BCUT2D eigenvalue weighted by Crippen LogP contribution is 2.26. The van der Waals surface area contributed by atoms with E-state index in [1.807, 2.05) is 12.1 Å². The summed E-state index contributed by atoms with van der Waals surface area (Å²) in [4.78, 5) is 9.98. The van der Waals surface area contributed by atoms with Crippen molar-refractivity contribution in [1.29, 1.82) is 0 Å². The number of nitrogens with one attached hydrogen (secondary N) is 1. The Morgan fingerprint density at radius 2 is 2.04 bits per heavy atom. The van der Waals surface area contributed by atoms with Crippen LogP contribution < -0.4 is 5.32 Å². The Bertz CT molecular complexity index is 775. The fraction of sp³-hybridized carbons (Fsp3) is 0.571. The molecule has 1 aromatic heterocycles. The van der Waals surface area contributed by atoms with Crippen LogP contribution in [0.3, 0.4) is 0 Å². The van der Waals surface area contributed by atoms with Crippen LogP contribution in [-0.2, 0) is 6.54 Å². The first kappa shape index (κ1) is 17.4. The van der Waals surface area contributed by atoms with Crippen molar-refractivity contribution in [3.63, 3.8) is 0 Å². The van der Waals surface area contributed by atoms with Crippen LogP contribution in [0.1, 0.15) is 37.5 Å². The minimum atomic E-state index is 0.591. The van der Waals surface area contributed by atoms with E-state index in [9.17, 15) is 0 Å². The molecule has 1 unspecified atom stereocenters. The molecular formula is C21H30N4O. The van der Waals surface area contributed by atoms with Crippen molar-refractivity contribution in [3.8, 4) is 0 Å². The number of para-hydroxylation sites is 1. The highest BCUT2D eigenvalue weighted by atomic mass is 16.3. The molecule has 0 spiro atoms. The summed E-state index contributed by atoms with van der Waals surface area (Å²) in [7, 11) is 0. The third kappa shape index (κ3) is 3.45. The molecule has 0 bridgehead atoms. The van der Waals surface area contributed by atoms with Crippen LogP contribution in [0.5, 0.6) is 0 Å². The van der Waals surface area contributed by atoms with Gasteiger partial charge in [-0.25, -0.2) is 4.99 Å². The Kier molecular flexibility index (Phi) is 5.16. The summed E-state index contributed by atoms with van der Waals surface area (Å²) < 4.78 is 6.03. The summed E-state index contributed by atoms with van der Waals surface area (Å²) in [5.41, 5.74) is 2.16. The molecule has 5 heteroatoms. The van der Waals surface area contributed by atoms with E-state index in [-0.39, 0.29) is 0 Å². The van der Waals surface area contributed by atoms with Crippen LogP contribution in [-0.4, -0.2) is 54.5 Å². The van der Waals surface area contributed by atoms with Gasteiger partial charge in [-0.2, -0.15) is 0 Å². The molecule has 140 valence electrons. The molecular weight excluding hydrogens is 324 g/mol. The highest BCUT2D eigenvalue weighted by molar-refractivity contribution is 5.82. The first-order valence-corrected chi connectivity index (χ1v) is 10.0. The average Bonchev–Trinajstić information content (AvgIpc) is 3.39. The fourth-order valence-electron chi connectivity index (χ4n) is 4.29. The van der Waals surface area contributed by atoms with Crippen LogP contribution in [0, 0.1) is 6.92 Å². The van der Waals surface area contributed by atoms with E-state index in [0.29, 0.717) is 12.6 Å². The number of nitrogens with zero attached hydrogens (tertiary/aromatic N) is 3. The second kappa shape index (κ2) is 7.70. The SMILES string of the molecule is CCNC(=NCc1oc2ccccc2c1C)N1CCC(N2CCCC2)C1. The summed E-state index contributed by atoms with van der Waals surface area (Å²) in [5, 5.41) is 4.67. The maximum atomic E-state index is 6.03. The quantitative estimate of drug-likeness (QED) is 0.675. The first-order valence-electron chi connectivity index (χ1n) is 10.0. The van der Waals surface area contributed by atoms with Crippen molar-refractivity contribution >= 4 is 16.9 Å². The van der Waals surface area contributed by atoms with E-state index < -0.39 is 0 Å². The number of hydrogen-bond donors (Lipinski definition) is 1. The lowest BCUT2D eigenvalue weighted by atomic mass is 10.1. The molecule has 2 aromatic rings. The molecule has 3 heterocycles. The lowest BCUT2D eigenvalue weighted by molar-refractivity contribution is 0.249. The lowest BCUT2D eigenvalue weighted by Gasteiger charge is -2.25. The van der Waals surface area contributed by atoms with Crippen LogP contribution >= 0.6 is 0 Å². The normalized spacial score (nSPS) is 21.8. The zero-order chi connectivity index (χ0) is 17.9. The molecule has 1 N–H and O–H groups in total. The van der Waals surface area contributed by atoms with E-state index in [1.165, 1.54) is 43.3 Å². The van der Waals surface area contributed by atoms with Crippen molar-refractivity contribution in [1.82, 2.24) is 15.1 Å². The Morgan fingerprint density at radius 3 is 2.81 bits per heavy atom. The molecule has 0 saturated carbocycles. The molecule has 26 heavy (non-hydrogen) atoms. The number of furan rings is 1. The molecule has 2 aliphatic heterocycles. The van der Waals surface area contributed by atoms with Gasteiger partial charge in [-0.3, -0.25) is 4.90 Å². The molecule has 1 aromatic carbocycles. The Balaban J connectivity index is 1.48. The summed E-state index contributed by atoms with van der Waals surface area (Å²) >= 11 is 0. The maximum absolute atomic E-state index is 6.03. The van der Waals surface area contributed by atoms with Gasteiger partial charge >= 0.3 is 0 Å². The topological polar surface area (TPSA) is 44.0 Å². The van der Waals surface area contributed by atoms with Crippen LogP contribution in [0.15, 0.2) is 33.7 Å². The van der Waals surface area contributed by atoms with Gasteiger partial charge in [0.15, 0.2) is 5.96 Å². The Labute approximate surface area is 156 Å². The number of guanidine groups is 1. The third-order valence-corrected chi connectivity index (χ3v) is 5.77. The molecule has 4 rings (SSSR count). The van der Waals surface area contributed by atoms with Gasteiger partial charge in [-0.15, -0.1) is 0 Å². The minimum absolute atomic E-state index is 0.591. The number of aryl methyl sites for hydroxylation is 1. The number of fused-ring (bicyclic) bond motifs is 1. The van der Waals surface area contributed by atoms with Crippen molar-refractivity contribution in [2.75, 3.05) is 32.7 Å². The second-order valence-corrected chi connectivity index (χ2v) is 7.45. The summed E-state index contributed by atoms with van der Waals surface area (Å²) in [6, 6.07) is 8.92. The van der Waals surface area contributed by atoms with E-state index >= 15 is 0 Å². The lowest BCUT2D eigenvalue weighted by Crippen LogP contribution is -2.42. The smallest absolute Gasteiger partial charge is 0.194 e. The van der Waals surface area contributed by atoms with Crippen LogP contribution in [0.25, 0.3) is 11.0 Å². The van der Waals surface area contributed by atoms with Crippen molar-refractivity contribution in [3.05, 3.63) is 35.6 Å². The number of likely N-dealkylation sites (tertiary alicyclic amines) is 2. The van der Waals surface area contributed by atoms with Gasteiger partial charge in [0.2, 0.25) is 0 Å². The molecule has 2 saturated heterocycles. The van der Waals surface area contributed by atoms with E-state index in [0.717, 1.165) is 36.9 Å². The molecule has 0 amide bonds. The molecule has 2 aliphatic rings. The average molecular weight is 354 g/mol. The molecule has 1 atom stereocenters. The third-order valence-electron chi connectivity index (χ3n) is 5.77. The van der Waals surface area contributed by atoms with Gasteiger partial charge in [-0.1, -0.05) is 18.2 Å². The fourth-order valence-corrected chi connectivity index (χ4v) is 4.29. The van der Waals surface area contributed by atoms with Gasteiger partial charge in [0, 0.05) is 36.6 Å². The number of benzene rings is 1. The predicted octanol–water partition coefficient (Wildman–Crippen LogP) is 3.38. The molecule has 5 nitrogen and oxygen atoms in total. The van der Waals surface area contributed by atoms with Gasteiger partial charge in [0.05, 0.1) is 0 Å². The predicted molar refractivity (Wildman–Crippen MR) is 107 cm³/mol. The number of hydrogen-bond acceptors (Lipinski definition) is 3. The zero-order valence-corrected chi connectivity index (χ0v) is 16.0. The van der Waals surface area contributed by atoms with E-state index in [2.05, 4.69) is 41.1 Å². The van der Waals surface area contributed by atoms with Crippen LogP contribution in [0.2, 0.25) is 0 Å². The second-order valence-electron chi connectivity index (χ2n) is 7.45. The Hall–Kier alpha value is -2.01. The molecule has 0 radical (unpaired) electrons. The molecule has 0 aliphatic carbocycles. The van der Waals surface area contributed by atoms with E-state index in [4.69, 9.17) is 9.41 Å². The van der Waals surface area contributed by atoms with Crippen molar-refractivity contribution in [2.24, 2.45) is 4.99 Å². The first-order chi connectivity index (χ1) is 12.8.